The van der Waals surface area contributed by atoms with Gasteiger partial charge in [0.1, 0.15) is 0 Å². The van der Waals surface area contributed by atoms with E-state index in [0.29, 0.717) is 11.3 Å². The maximum atomic E-state index is 11.9. The van der Waals surface area contributed by atoms with Gasteiger partial charge in [-0.3, -0.25) is 9.59 Å². The van der Waals surface area contributed by atoms with Crippen LogP contribution in [0.5, 0.6) is 0 Å². The molecule has 0 radical (unpaired) electrons. The Morgan fingerprint density at radius 1 is 1.20 bits per heavy atom. The zero-order valence-corrected chi connectivity index (χ0v) is 13.0. The highest BCUT2D eigenvalue weighted by Gasteiger charge is 2.12. The van der Waals surface area contributed by atoms with Gasteiger partial charge >= 0.3 is 0 Å². The van der Waals surface area contributed by atoms with Gasteiger partial charge in [0.15, 0.2) is 0 Å². The number of nitrogens with two attached hydrogens (primary N) is 1. The van der Waals surface area contributed by atoms with Crippen molar-refractivity contribution in [3.05, 3.63) is 29.3 Å². The molecule has 1 aromatic carbocycles. The van der Waals surface area contributed by atoms with Crippen LogP contribution in [0.2, 0.25) is 0 Å². The van der Waals surface area contributed by atoms with Crippen molar-refractivity contribution in [3.63, 3.8) is 0 Å². The van der Waals surface area contributed by atoms with Crippen LogP contribution < -0.4 is 16.4 Å². The topological polar surface area (TPSA) is 84.2 Å². The highest BCUT2D eigenvalue weighted by molar-refractivity contribution is 5.98. The lowest BCUT2D eigenvalue weighted by molar-refractivity contribution is -0.117. The summed E-state index contributed by atoms with van der Waals surface area (Å²) in [5, 5.41) is 5.53. The molecule has 0 spiro atoms. The molecule has 1 atom stereocenters. The summed E-state index contributed by atoms with van der Waals surface area (Å²) < 4.78 is 0. The first-order valence-electron chi connectivity index (χ1n) is 6.29. The monoisotopic (exact) mass is 299 g/mol. The first-order valence-corrected chi connectivity index (χ1v) is 6.29. The molecule has 4 N–H and O–H groups in total. The second kappa shape index (κ2) is 7.87. The molecule has 5 nitrogen and oxygen atoms in total. The number of carbonyl (C=O) groups excluding carboxylic acids is 2. The fourth-order valence-electron chi connectivity index (χ4n) is 1.59. The van der Waals surface area contributed by atoms with E-state index >= 15 is 0 Å². The highest BCUT2D eigenvalue weighted by atomic mass is 35.5. The number of aryl methyl sites for hydroxylation is 1. The minimum Gasteiger partial charge on any atom is -0.350 e. The van der Waals surface area contributed by atoms with Crippen molar-refractivity contribution in [2.45, 2.75) is 39.8 Å². The molecule has 1 aromatic rings. The maximum absolute atomic E-state index is 11.9. The fraction of sp³-hybridized carbons (Fsp3) is 0.429. The molecule has 112 valence electrons. The number of benzene rings is 1. The zero-order chi connectivity index (χ0) is 14.6. The molecule has 0 aliphatic rings. The van der Waals surface area contributed by atoms with Crippen LogP contribution in [0.15, 0.2) is 18.2 Å². The second-order valence-corrected chi connectivity index (χ2v) is 4.94. The summed E-state index contributed by atoms with van der Waals surface area (Å²) in [5.41, 5.74) is 7.53. The van der Waals surface area contributed by atoms with Crippen LogP contribution in [-0.2, 0) is 4.79 Å². The van der Waals surface area contributed by atoms with Crippen LogP contribution in [0.4, 0.5) is 5.69 Å². The van der Waals surface area contributed by atoms with Crippen LogP contribution in [-0.4, -0.2) is 23.9 Å². The minimum absolute atomic E-state index is 0. The molecule has 0 heterocycles. The number of anilines is 1. The van der Waals surface area contributed by atoms with Crippen LogP contribution in [0.1, 0.15) is 36.7 Å². The average Bonchev–Trinajstić information content (AvgIpc) is 2.27. The second-order valence-electron chi connectivity index (χ2n) is 4.94. The third kappa shape index (κ3) is 5.19. The number of carbonyl (C=O) groups is 2. The maximum Gasteiger partial charge on any atom is 0.251 e. The Hall–Kier alpha value is -1.59. The third-order valence-corrected chi connectivity index (χ3v) is 2.57. The minimum atomic E-state index is -0.566. The molecule has 6 heteroatoms. The van der Waals surface area contributed by atoms with Gasteiger partial charge in [-0.25, -0.2) is 0 Å². The molecule has 1 rings (SSSR count). The smallest absolute Gasteiger partial charge is 0.251 e. The molecule has 0 aromatic heterocycles. The Morgan fingerprint density at radius 2 is 1.80 bits per heavy atom. The summed E-state index contributed by atoms with van der Waals surface area (Å²) in [6.45, 7) is 7.26. The lowest BCUT2D eigenvalue weighted by Gasteiger charge is -2.12. The lowest BCUT2D eigenvalue weighted by Crippen LogP contribution is -2.32. The molecule has 2 amide bonds. The van der Waals surface area contributed by atoms with E-state index in [-0.39, 0.29) is 30.3 Å². The van der Waals surface area contributed by atoms with Gasteiger partial charge in [-0.05, 0) is 51.5 Å². The normalized spacial score (nSPS) is 11.5. The molecule has 0 fully saturated rings. The van der Waals surface area contributed by atoms with E-state index in [9.17, 15) is 9.59 Å². The quantitative estimate of drug-likeness (QED) is 0.793. The van der Waals surface area contributed by atoms with E-state index in [1.54, 1.807) is 25.1 Å². The number of nitrogens with one attached hydrogen (secondary N) is 2. The van der Waals surface area contributed by atoms with Crippen molar-refractivity contribution < 1.29 is 9.59 Å². The van der Waals surface area contributed by atoms with E-state index in [4.69, 9.17) is 5.73 Å². The Morgan fingerprint density at radius 3 is 2.25 bits per heavy atom. The van der Waals surface area contributed by atoms with Crippen molar-refractivity contribution in [1.29, 1.82) is 0 Å². The van der Waals surface area contributed by atoms with Gasteiger partial charge in [-0.1, -0.05) is 0 Å². The fourth-order valence-corrected chi connectivity index (χ4v) is 1.59. The standard InChI is InChI=1S/C14H21N3O2.ClH/c1-8(2)16-14(19)12-6-5-11(7-9(12)3)17-13(18)10(4)15;/h5-8,10H,15H2,1-4H3,(H,16,19)(H,17,18);1H/t10-;/m0./s1. The third-order valence-electron chi connectivity index (χ3n) is 2.57. The summed E-state index contributed by atoms with van der Waals surface area (Å²) >= 11 is 0. The molecule has 0 aliphatic heterocycles. The predicted octanol–water partition coefficient (Wildman–Crippen LogP) is 1.84. The van der Waals surface area contributed by atoms with Gasteiger partial charge < -0.3 is 16.4 Å². The molecule has 20 heavy (non-hydrogen) atoms. The van der Waals surface area contributed by atoms with Gasteiger partial charge in [0.05, 0.1) is 6.04 Å². The summed E-state index contributed by atoms with van der Waals surface area (Å²) in [6, 6.07) is 4.68. The Kier molecular flexibility index (Phi) is 7.24. The SMILES string of the molecule is Cc1cc(NC(=O)[C@H](C)N)ccc1C(=O)NC(C)C.Cl. The van der Waals surface area contributed by atoms with E-state index in [0.717, 1.165) is 5.56 Å². The van der Waals surface area contributed by atoms with Crippen LogP contribution >= 0.6 is 12.4 Å². The number of hydrogen-bond acceptors (Lipinski definition) is 3. The van der Waals surface area contributed by atoms with Gasteiger partial charge in [-0.15, -0.1) is 12.4 Å². The molecular formula is C14H22ClN3O2. The summed E-state index contributed by atoms with van der Waals surface area (Å²) in [4.78, 5) is 23.4. The summed E-state index contributed by atoms with van der Waals surface area (Å²) in [7, 11) is 0. The lowest BCUT2D eigenvalue weighted by atomic mass is 10.1. The van der Waals surface area contributed by atoms with Gasteiger partial charge in [0, 0.05) is 17.3 Å². The van der Waals surface area contributed by atoms with Gasteiger partial charge in [-0.2, -0.15) is 0 Å². The van der Waals surface area contributed by atoms with Crippen LogP contribution in [0.25, 0.3) is 0 Å². The Balaban J connectivity index is 0.00000361. The van der Waals surface area contributed by atoms with Crippen molar-refractivity contribution in [2.24, 2.45) is 5.73 Å². The summed E-state index contributed by atoms with van der Waals surface area (Å²) in [6.07, 6.45) is 0. The highest BCUT2D eigenvalue weighted by Crippen LogP contribution is 2.15. The molecule has 0 saturated carbocycles. The number of halogens is 1. The van der Waals surface area contributed by atoms with Gasteiger partial charge in [0.2, 0.25) is 5.91 Å². The van der Waals surface area contributed by atoms with Crippen LogP contribution in [0.3, 0.4) is 0 Å². The number of hydrogen-bond donors (Lipinski definition) is 3. The van der Waals surface area contributed by atoms with Crippen molar-refractivity contribution in [2.75, 3.05) is 5.32 Å². The number of amides is 2. The van der Waals surface area contributed by atoms with E-state index in [1.807, 2.05) is 20.8 Å². The van der Waals surface area contributed by atoms with E-state index < -0.39 is 6.04 Å². The van der Waals surface area contributed by atoms with Crippen molar-refractivity contribution in [3.8, 4) is 0 Å². The molecular weight excluding hydrogens is 278 g/mol. The van der Waals surface area contributed by atoms with E-state index in [1.165, 1.54) is 0 Å². The van der Waals surface area contributed by atoms with Crippen molar-refractivity contribution in [1.82, 2.24) is 5.32 Å². The molecule has 0 unspecified atom stereocenters. The first kappa shape index (κ1) is 18.4. The average molecular weight is 300 g/mol. The molecule has 0 saturated heterocycles. The summed E-state index contributed by atoms with van der Waals surface area (Å²) in [5.74, 6) is -0.364. The van der Waals surface area contributed by atoms with E-state index in [2.05, 4.69) is 10.6 Å². The Bertz CT molecular complexity index is 487. The van der Waals surface area contributed by atoms with Crippen LogP contribution in [0, 0.1) is 6.92 Å². The molecule has 0 aliphatic carbocycles. The largest absolute Gasteiger partial charge is 0.350 e. The van der Waals surface area contributed by atoms with Gasteiger partial charge in [0.25, 0.3) is 5.91 Å². The van der Waals surface area contributed by atoms with Crippen molar-refractivity contribution >= 4 is 29.9 Å². The molecule has 0 bridgehead atoms. The number of rotatable bonds is 4. The zero-order valence-electron chi connectivity index (χ0n) is 12.2. The Labute approximate surface area is 125 Å². The first-order chi connectivity index (χ1) is 8.81. The predicted molar refractivity (Wildman–Crippen MR) is 83.3 cm³/mol.